The van der Waals surface area contributed by atoms with Crippen LogP contribution in [0.15, 0.2) is 48.5 Å². The molecule has 0 unspecified atom stereocenters. The fourth-order valence-corrected chi connectivity index (χ4v) is 3.30. The molecule has 7 heteroatoms. The molecule has 0 saturated carbocycles. The van der Waals surface area contributed by atoms with Crippen LogP contribution in [-0.4, -0.2) is 21.4 Å². The predicted octanol–water partition coefficient (Wildman–Crippen LogP) is 3.03. The van der Waals surface area contributed by atoms with Crippen LogP contribution < -0.4 is 10.0 Å². The van der Waals surface area contributed by atoms with E-state index in [-0.39, 0.29) is 18.2 Å². The number of amides is 1. The van der Waals surface area contributed by atoms with E-state index in [2.05, 4.69) is 10.0 Å². The highest BCUT2D eigenvalue weighted by Crippen LogP contribution is 2.17. The summed E-state index contributed by atoms with van der Waals surface area (Å²) < 4.78 is 25.8. The number of sulfonamides is 1. The molecule has 2 N–H and O–H groups in total. The third-order valence-corrected chi connectivity index (χ3v) is 5.57. The van der Waals surface area contributed by atoms with Crippen molar-refractivity contribution in [3.05, 3.63) is 75.8 Å². The van der Waals surface area contributed by atoms with Crippen LogP contribution in [0.25, 0.3) is 6.08 Å². The lowest BCUT2D eigenvalue weighted by molar-refractivity contribution is -0.116. The van der Waals surface area contributed by atoms with Crippen LogP contribution in [0.1, 0.15) is 22.3 Å². The molecule has 1 amide bonds. The zero-order valence-electron chi connectivity index (χ0n) is 14.6. The molecule has 0 fully saturated rings. The van der Waals surface area contributed by atoms with Crippen LogP contribution in [0.5, 0.6) is 0 Å². The molecule has 0 heterocycles. The maximum atomic E-state index is 12.0. The highest BCUT2D eigenvalue weighted by atomic mass is 35.5. The average molecular weight is 393 g/mol. The Labute approximate surface area is 159 Å². The molecule has 0 saturated heterocycles. The highest BCUT2D eigenvalue weighted by molar-refractivity contribution is 7.88. The van der Waals surface area contributed by atoms with E-state index in [4.69, 9.17) is 11.6 Å². The normalized spacial score (nSPS) is 11.7. The Morgan fingerprint density at radius 3 is 2.50 bits per heavy atom. The van der Waals surface area contributed by atoms with Crippen molar-refractivity contribution in [2.75, 3.05) is 7.05 Å². The second kappa shape index (κ2) is 8.98. The number of hydrogen-bond donors (Lipinski definition) is 2. The first-order valence-corrected chi connectivity index (χ1v) is 10.0. The van der Waals surface area contributed by atoms with Gasteiger partial charge in [-0.25, -0.2) is 13.1 Å². The van der Waals surface area contributed by atoms with Gasteiger partial charge in [-0.1, -0.05) is 48.0 Å². The zero-order chi connectivity index (χ0) is 19.2. The second-order valence-corrected chi connectivity index (χ2v) is 8.13. The van der Waals surface area contributed by atoms with Crippen LogP contribution in [0, 0.1) is 6.92 Å². The summed E-state index contributed by atoms with van der Waals surface area (Å²) >= 11 is 6.06. The number of carbonyl (C=O) groups excluding carboxylic acids is 1. The molecule has 138 valence electrons. The van der Waals surface area contributed by atoms with Crippen molar-refractivity contribution in [2.45, 2.75) is 19.2 Å². The number of nitrogens with one attached hydrogen (secondary N) is 2. The summed E-state index contributed by atoms with van der Waals surface area (Å²) in [5.74, 6) is -0.402. The molecule has 2 aromatic rings. The first-order valence-electron chi connectivity index (χ1n) is 8.01. The smallest absolute Gasteiger partial charge is 0.244 e. The van der Waals surface area contributed by atoms with Crippen LogP contribution in [0.4, 0.5) is 0 Å². The number of rotatable bonds is 7. The first kappa shape index (κ1) is 20.2. The van der Waals surface area contributed by atoms with E-state index in [1.54, 1.807) is 36.4 Å². The number of aryl methyl sites for hydroxylation is 1. The van der Waals surface area contributed by atoms with E-state index in [9.17, 15) is 13.2 Å². The van der Waals surface area contributed by atoms with Gasteiger partial charge in [-0.2, -0.15) is 0 Å². The molecule has 0 spiro atoms. The largest absolute Gasteiger partial charge is 0.348 e. The van der Waals surface area contributed by atoms with E-state index in [0.29, 0.717) is 10.6 Å². The van der Waals surface area contributed by atoms with Gasteiger partial charge >= 0.3 is 0 Å². The number of benzene rings is 2. The van der Waals surface area contributed by atoms with Crippen molar-refractivity contribution in [3.63, 3.8) is 0 Å². The van der Waals surface area contributed by atoms with Gasteiger partial charge in [0.1, 0.15) is 0 Å². The van der Waals surface area contributed by atoms with Gasteiger partial charge in [-0.3, -0.25) is 4.79 Å². The molecule has 26 heavy (non-hydrogen) atoms. The summed E-state index contributed by atoms with van der Waals surface area (Å²) in [6.07, 6.45) is 3.10. The summed E-state index contributed by atoms with van der Waals surface area (Å²) in [5.41, 5.74) is 3.21. The quantitative estimate of drug-likeness (QED) is 0.711. The molecule has 0 aliphatic heterocycles. The minimum atomic E-state index is -3.38. The monoisotopic (exact) mass is 392 g/mol. The Morgan fingerprint density at radius 1 is 1.15 bits per heavy atom. The van der Waals surface area contributed by atoms with Crippen molar-refractivity contribution >= 4 is 33.6 Å². The molecule has 0 atom stereocenters. The second-order valence-electron chi connectivity index (χ2n) is 5.79. The van der Waals surface area contributed by atoms with E-state index in [1.807, 2.05) is 19.1 Å². The Bertz CT molecular complexity index is 924. The summed E-state index contributed by atoms with van der Waals surface area (Å²) in [6, 6.07) is 12.7. The third-order valence-electron chi connectivity index (χ3n) is 3.85. The summed E-state index contributed by atoms with van der Waals surface area (Å²) in [7, 11) is -2.00. The number of carbonyl (C=O) groups is 1. The standard InChI is InChI=1S/C19H21ClN2O3S/c1-14-7-8-15(11-18(14)20)9-10-19(23)22-12-16-5-3-4-6-17(16)13-26(24,25)21-2/h3-11,21H,12-13H2,1-2H3,(H,22,23)/b10-9+. The lowest BCUT2D eigenvalue weighted by atomic mass is 10.1. The Morgan fingerprint density at radius 2 is 1.85 bits per heavy atom. The maximum Gasteiger partial charge on any atom is 0.244 e. The van der Waals surface area contributed by atoms with Crippen LogP contribution in [0.3, 0.4) is 0 Å². The van der Waals surface area contributed by atoms with Crippen molar-refractivity contribution in [1.29, 1.82) is 0 Å². The topological polar surface area (TPSA) is 75.3 Å². The molecular weight excluding hydrogens is 372 g/mol. The minimum Gasteiger partial charge on any atom is -0.348 e. The molecule has 2 rings (SSSR count). The van der Waals surface area contributed by atoms with E-state index < -0.39 is 10.0 Å². The number of halogens is 1. The lowest BCUT2D eigenvalue weighted by Crippen LogP contribution is -2.24. The number of hydrogen-bond acceptors (Lipinski definition) is 3. The van der Waals surface area contributed by atoms with Gasteiger partial charge in [-0.05, 0) is 48.4 Å². The third kappa shape index (κ3) is 5.98. The van der Waals surface area contributed by atoms with Gasteiger partial charge in [-0.15, -0.1) is 0 Å². The van der Waals surface area contributed by atoms with E-state index in [0.717, 1.165) is 16.7 Å². The average Bonchev–Trinajstić information content (AvgIpc) is 2.61. The summed E-state index contributed by atoms with van der Waals surface area (Å²) in [5, 5.41) is 3.41. The van der Waals surface area contributed by atoms with E-state index in [1.165, 1.54) is 13.1 Å². The van der Waals surface area contributed by atoms with Gasteiger partial charge in [0.25, 0.3) is 0 Å². The predicted molar refractivity (Wildman–Crippen MR) is 105 cm³/mol. The maximum absolute atomic E-state index is 12.0. The SMILES string of the molecule is CNS(=O)(=O)Cc1ccccc1CNC(=O)/C=C/c1ccc(C)c(Cl)c1. The van der Waals surface area contributed by atoms with Gasteiger partial charge in [0, 0.05) is 17.6 Å². The Kier molecular flexibility index (Phi) is 6.97. The lowest BCUT2D eigenvalue weighted by Gasteiger charge is -2.10. The fraction of sp³-hybridized carbons (Fsp3) is 0.211. The molecular formula is C19H21ClN2O3S. The van der Waals surface area contributed by atoms with Gasteiger partial charge < -0.3 is 5.32 Å². The van der Waals surface area contributed by atoms with Crippen molar-refractivity contribution in [1.82, 2.24) is 10.0 Å². The zero-order valence-corrected chi connectivity index (χ0v) is 16.2. The first-order chi connectivity index (χ1) is 12.3. The molecule has 0 radical (unpaired) electrons. The van der Waals surface area contributed by atoms with Crippen LogP contribution in [0.2, 0.25) is 5.02 Å². The molecule has 5 nitrogen and oxygen atoms in total. The van der Waals surface area contributed by atoms with Crippen LogP contribution >= 0.6 is 11.6 Å². The molecule has 0 bridgehead atoms. The van der Waals surface area contributed by atoms with Crippen molar-refractivity contribution < 1.29 is 13.2 Å². The molecule has 0 aromatic heterocycles. The van der Waals surface area contributed by atoms with Gasteiger partial charge in [0.05, 0.1) is 5.75 Å². The van der Waals surface area contributed by atoms with Crippen molar-refractivity contribution in [2.24, 2.45) is 0 Å². The summed E-state index contributed by atoms with van der Waals surface area (Å²) in [6.45, 7) is 2.15. The molecule has 0 aliphatic rings. The fourth-order valence-electron chi connectivity index (χ4n) is 2.27. The minimum absolute atomic E-state index is 0.132. The Balaban J connectivity index is 2.01. The van der Waals surface area contributed by atoms with Gasteiger partial charge in [0.2, 0.25) is 15.9 Å². The van der Waals surface area contributed by atoms with Crippen LogP contribution in [-0.2, 0) is 27.1 Å². The van der Waals surface area contributed by atoms with Gasteiger partial charge in [0.15, 0.2) is 0 Å². The molecule has 0 aliphatic carbocycles. The highest BCUT2D eigenvalue weighted by Gasteiger charge is 2.12. The Hall–Kier alpha value is -2.15. The van der Waals surface area contributed by atoms with E-state index >= 15 is 0 Å². The van der Waals surface area contributed by atoms with Crippen molar-refractivity contribution in [3.8, 4) is 0 Å². The molecule has 2 aromatic carbocycles. The summed E-state index contributed by atoms with van der Waals surface area (Å²) in [4.78, 5) is 12.0.